The van der Waals surface area contributed by atoms with Gasteiger partial charge in [0.2, 0.25) is 11.5 Å². The van der Waals surface area contributed by atoms with Crippen LogP contribution in [0.4, 0.5) is 0 Å². The molecule has 0 amide bonds. The summed E-state index contributed by atoms with van der Waals surface area (Å²) in [4.78, 5) is 0. The Morgan fingerprint density at radius 2 is 1.39 bits per heavy atom. The quantitative estimate of drug-likeness (QED) is 0.196. The summed E-state index contributed by atoms with van der Waals surface area (Å²) in [5.41, 5.74) is 1.88. The van der Waals surface area contributed by atoms with E-state index in [0.717, 1.165) is 5.56 Å². The summed E-state index contributed by atoms with van der Waals surface area (Å²) in [6.45, 7) is -1.02. The predicted molar refractivity (Wildman–Crippen MR) is 142 cm³/mol. The van der Waals surface area contributed by atoms with E-state index >= 15 is 0 Å². The van der Waals surface area contributed by atoms with Gasteiger partial charge in [-0.25, -0.2) is 0 Å². The van der Waals surface area contributed by atoms with Crippen LogP contribution in [0.15, 0.2) is 18.2 Å². The average molecular weight is 583 g/mol. The number of rotatable bonds is 10. The second-order valence-electron chi connectivity index (χ2n) is 10.1. The molecule has 1 aliphatic carbocycles. The molecule has 1 fully saturated rings. The molecule has 0 aromatic heterocycles. The highest BCUT2D eigenvalue weighted by Crippen LogP contribution is 2.54. The standard InChI is InChI=1S/C28H38O13/c1-36-16-7-13(8-17(37-2)22(16)31)20-15(11-40-28-26(35)25(34)23(32)19(10-30)41-28)14(9-29)5-12-6-18(38-3)24(33)27(39-4)21(12)20/h6-8,14-15,19-20,23,25-26,28-35H,5,9-11H2,1-4H3/t14-,15-,19?,20+,23+,25?,26-,28-/m0/s1. The van der Waals surface area contributed by atoms with Crippen molar-refractivity contribution in [2.75, 3.05) is 48.3 Å². The maximum atomic E-state index is 11.0. The van der Waals surface area contributed by atoms with Crippen LogP contribution >= 0.6 is 0 Å². The zero-order valence-corrected chi connectivity index (χ0v) is 23.3. The van der Waals surface area contributed by atoms with Gasteiger partial charge in [-0.15, -0.1) is 0 Å². The number of fused-ring (bicyclic) bond motifs is 1. The highest BCUT2D eigenvalue weighted by atomic mass is 16.7. The highest BCUT2D eigenvalue weighted by molar-refractivity contribution is 5.64. The fourth-order valence-electron chi connectivity index (χ4n) is 5.83. The fraction of sp³-hybridized carbons (Fsp3) is 0.571. The molecule has 2 aliphatic rings. The molecular weight excluding hydrogens is 544 g/mol. The first kappa shape index (κ1) is 30.9. The molecule has 2 aromatic rings. The first-order valence-corrected chi connectivity index (χ1v) is 13.1. The van der Waals surface area contributed by atoms with Crippen molar-refractivity contribution in [3.8, 4) is 34.5 Å². The van der Waals surface area contributed by atoms with Crippen LogP contribution < -0.4 is 18.9 Å². The van der Waals surface area contributed by atoms with Crippen LogP contribution in [0.3, 0.4) is 0 Å². The van der Waals surface area contributed by atoms with Crippen LogP contribution in [0.1, 0.15) is 22.6 Å². The SMILES string of the molecule is COc1cc([C@H]2c3c(cc(OC)c(O)c3OC)C[C@@H](CO)[C@@H]2CO[C@H]2OC(CO)[C@@H](O)C(O)[C@@H]2O)cc(OC)c1O. The van der Waals surface area contributed by atoms with Crippen LogP contribution in [0.5, 0.6) is 34.5 Å². The van der Waals surface area contributed by atoms with Gasteiger partial charge < -0.3 is 64.2 Å². The average Bonchev–Trinajstić information content (AvgIpc) is 2.98. The molecule has 7 N–H and O–H groups in total. The van der Waals surface area contributed by atoms with Gasteiger partial charge in [-0.3, -0.25) is 0 Å². The van der Waals surface area contributed by atoms with Crippen LogP contribution in [-0.4, -0.2) is 115 Å². The zero-order valence-electron chi connectivity index (χ0n) is 23.3. The van der Waals surface area contributed by atoms with Gasteiger partial charge in [-0.1, -0.05) is 0 Å². The molecule has 2 unspecified atom stereocenters. The van der Waals surface area contributed by atoms with Crippen molar-refractivity contribution < 1.29 is 64.2 Å². The van der Waals surface area contributed by atoms with E-state index in [2.05, 4.69) is 0 Å². The summed E-state index contributed by atoms with van der Waals surface area (Å²) >= 11 is 0. The second kappa shape index (κ2) is 12.9. The number of phenols is 2. The van der Waals surface area contributed by atoms with E-state index in [4.69, 9.17) is 28.4 Å². The third-order valence-corrected chi connectivity index (χ3v) is 7.99. The van der Waals surface area contributed by atoms with Crippen molar-refractivity contribution >= 4 is 0 Å². The van der Waals surface area contributed by atoms with E-state index in [1.165, 1.54) is 28.4 Å². The van der Waals surface area contributed by atoms with Crippen LogP contribution in [0, 0.1) is 11.8 Å². The molecule has 0 spiro atoms. The molecule has 41 heavy (non-hydrogen) atoms. The lowest BCUT2D eigenvalue weighted by Crippen LogP contribution is -2.59. The van der Waals surface area contributed by atoms with Crippen LogP contribution in [0.2, 0.25) is 0 Å². The summed E-state index contributed by atoms with van der Waals surface area (Å²) in [6, 6.07) is 4.88. The lowest BCUT2D eigenvalue weighted by Gasteiger charge is -2.43. The van der Waals surface area contributed by atoms with Crippen molar-refractivity contribution in [2.24, 2.45) is 11.8 Å². The Kier molecular flexibility index (Phi) is 9.70. The number of aliphatic hydroxyl groups is 5. The number of hydrogen-bond donors (Lipinski definition) is 7. The molecule has 0 saturated carbocycles. The van der Waals surface area contributed by atoms with Crippen molar-refractivity contribution in [1.29, 1.82) is 0 Å². The molecule has 2 aromatic carbocycles. The molecule has 13 heteroatoms. The Labute approximate surface area is 237 Å². The van der Waals surface area contributed by atoms with Gasteiger partial charge in [0.15, 0.2) is 29.3 Å². The van der Waals surface area contributed by atoms with Gasteiger partial charge in [0.25, 0.3) is 0 Å². The summed E-state index contributed by atoms with van der Waals surface area (Å²) in [5.74, 6) is -1.51. The zero-order chi connectivity index (χ0) is 30.0. The molecule has 0 bridgehead atoms. The third kappa shape index (κ3) is 5.58. The van der Waals surface area contributed by atoms with E-state index in [0.29, 0.717) is 17.5 Å². The van der Waals surface area contributed by atoms with E-state index in [1.54, 1.807) is 18.2 Å². The van der Waals surface area contributed by atoms with Crippen molar-refractivity contribution in [3.05, 3.63) is 34.9 Å². The molecule has 228 valence electrons. The summed E-state index contributed by atoms with van der Waals surface area (Å²) in [5, 5.41) is 72.6. The smallest absolute Gasteiger partial charge is 0.201 e. The van der Waals surface area contributed by atoms with E-state index in [9.17, 15) is 35.7 Å². The number of aromatic hydroxyl groups is 2. The number of hydrogen-bond acceptors (Lipinski definition) is 13. The molecule has 4 rings (SSSR count). The number of aliphatic hydroxyl groups excluding tert-OH is 5. The van der Waals surface area contributed by atoms with E-state index in [1.807, 2.05) is 0 Å². The Bertz CT molecular complexity index is 1180. The highest BCUT2D eigenvalue weighted by Gasteiger charge is 2.46. The Hall–Kier alpha value is -3.04. The largest absolute Gasteiger partial charge is 0.502 e. The Morgan fingerprint density at radius 3 is 1.93 bits per heavy atom. The third-order valence-electron chi connectivity index (χ3n) is 7.99. The minimum atomic E-state index is -1.63. The molecule has 1 saturated heterocycles. The van der Waals surface area contributed by atoms with E-state index < -0.39 is 55.1 Å². The second-order valence-corrected chi connectivity index (χ2v) is 10.1. The van der Waals surface area contributed by atoms with Crippen LogP contribution in [-0.2, 0) is 15.9 Å². The van der Waals surface area contributed by atoms with E-state index in [-0.39, 0.29) is 47.7 Å². The lowest BCUT2D eigenvalue weighted by molar-refractivity contribution is -0.304. The van der Waals surface area contributed by atoms with Crippen molar-refractivity contribution in [2.45, 2.75) is 43.0 Å². The van der Waals surface area contributed by atoms with Gasteiger partial charge in [-0.2, -0.15) is 0 Å². The monoisotopic (exact) mass is 582 g/mol. The predicted octanol–water partition coefficient (Wildman–Crippen LogP) is -0.139. The molecule has 1 aliphatic heterocycles. The van der Waals surface area contributed by atoms with Crippen LogP contribution in [0.25, 0.3) is 0 Å². The Morgan fingerprint density at radius 1 is 0.780 bits per heavy atom. The number of benzene rings is 2. The summed E-state index contributed by atoms with van der Waals surface area (Å²) in [6.07, 6.45) is -7.02. The lowest BCUT2D eigenvalue weighted by atomic mass is 9.66. The topological polar surface area (TPSA) is 197 Å². The molecule has 0 radical (unpaired) electrons. The molecular formula is C28H38O13. The number of ether oxygens (including phenoxy) is 6. The van der Waals surface area contributed by atoms with Gasteiger partial charge in [-0.05, 0) is 47.6 Å². The number of phenolic OH excluding ortho intramolecular Hbond substituents is 2. The van der Waals surface area contributed by atoms with Gasteiger partial charge in [0.05, 0.1) is 41.7 Å². The van der Waals surface area contributed by atoms with Crippen molar-refractivity contribution in [3.63, 3.8) is 0 Å². The van der Waals surface area contributed by atoms with Gasteiger partial charge >= 0.3 is 0 Å². The summed E-state index contributed by atoms with van der Waals surface area (Å²) < 4.78 is 33.3. The molecule has 8 atom stereocenters. The van der Waals surface area contributed by atoms with Crippen molar-refractivity contribution in [1.82, 2.24) is 0 Å². The first-order valence-electron chi connectivity index (χ1n) is 13.1. The van der Waals surface area contributed by atoms with Gasteiger partial charge in [0.1, 0.15) is 24.4 Å². The normalized spacial score (nSPS) is 29.5. The Balaban J connectivity index is 1.85. The fourth-order valence-corrected chi connectivity index (χ4v) is 5.83. The molecule has 1 heterocycles. The minimum absolute atomic E-state index is 0.123. The number of methoxy groups -OCH3 is 4. The maximum absolute atomic E-state index is 11.0. The first-order chi connectivity index (χ1) is 19.6. The molecule has 13 nitrogen and oxygen atoms in total. The summed E-state index contributed by atoms with van der Waals surface area (Å²) in [7, 11) is 5.60. The van der Waals surface area contributed by atoms with Gasteiger partial charge in [0, 0.05) is 18.1 Å². The maximum Gasteiger partial charge on any atom is 0.201 e. The minimum Gasteiger partial charge on any atom is -0.502 e.